The molecular formula is C11H14N2O2S3. The molecule has 2 N–H and O–H groups in total. The van der Waals surface area contributed by atoms with Crippen molar-refractivity contribution in [2.45, 2.75) is 19.4 Å². The molecule has 2 rings (SSSR count). The van der Waals surface area contributed by atoms with E-state index in [0.717, 1.165) is 11.4 Å². The Morgan fingerprint density at radius 2 is 2.33 bits per heavy atom. The fourth-order valence-electron chi connectivity index (χ4n) is 1.62. The lowest BCUT2D eigenvalue weighted by Crippen LogP contribution is -2.38. The Kier molecular flexibility index (Phi) is 4.04. The molecule has 2 heterocycles. The predicted octanol–water partition coefficient (Wildman–Crippen LogP) is 1.91. The van der Waals surface area contributed by atoms with Gasteiger partial charge in [0, 0.05) is 10.3 Å². The van der Waals surface area contributed by atoms with E-state index in [1.54, 1.807) is 17.4 Å². The van der Waals surface area contributed by atoms with Crippen molar-refractivity contribution in [2.24, 2.45) is 0 Å². The fraction of sp³-hybridized carbons (Fsp3) is 0.364. The van der Waals surface area contributed by atoms with E-state index in [4.69, 9.17) is 12.2 Å². The fourth-order valence-corrected chi connectivity index (χ4v) is 4.03. The van der Waals surface area contributed by atoms with Crippen LogP contribution in [0, 0.1) is 0 Å². The third kappa shape index (κ3) is 3.54. The maximum atomic E-state index is 11.2. The van der Waals surface area contributed by atoms with Gasteiger partial charge in [0.1, 0.15) is 0 Å². The number of nitrogens with one attached hydrogen (secondary N) is 2. The number of thiophene rings is 1. The van der Waals surface area contributed by atoms with Crippen LogP contribution in [0.25, 0.3) is 0 Å². The third-order valence-electron chi connectivity index (χ3n) is 2.49. The Morgan fingerprint density at radius 1 is 1.56 bits per heavy atom. The Labute approximate surface area is 116 Å². The molecular weight excluding hydrogens is 288 g/mol. The van der Waals surface area contributed by atoms with Crippen LogP contribution >= 0.6 is 23.6 Å². The maximum Gasteiger partial charge on any atom is 0.173 e. The first-order chi connectivity index (χ1) is 8.48. The van der Waals surface area contributed by atoms with Gasteiger partial charge in [0.2, 0.25) is 0 Å². The molecule has 0 unspecified atom stereocenters. The highest BCUT2D eigenvalue weighted by Gasteiger charge is 2.21. The molecule has 0 saturated heterocycles. The summed E-state index contributed by atoms with van der Waals surface area (Å²) in [6.07, 6.45) is 2.62. The van der Waals surface area contributed by atoms with Gasteiger partial charge in [-0.2, -0.15) is 0 Å². The molecule has 1 aromatic rings. The SMILES string of the molecule is CCc1ccc(NC(=S)N[C@@H]2C=CS(=O)(=O)C2)s1. The van der Waals surface area contributed by atoms with Gasteiger partial charge < -0.3 is 10.6 Å². The van der Waals surface area contributed by atoms with Gasteiger partial charge in [-0.05, 0) is 36.8 Å². The number of hydrogen-bond acceptors (Lipinski definition) is 4. The van der Waals surface area contributed by atoms with Crippen molar-refractivity contribution in [3.8, 4) is 0 Å². The summed E-state index contributed by atoms with van der Waals surface area (Å²) in [6, 6.07) is 3.79. The van der Waals surface area contributed by atoms with Gasteiger partial charge in [-0.25, -0.2) is 8.42 Å². The van der Waals surface area contributed by atoms with E-state index in [0.29, 0.717) is 5.11 Å². The lowest BCUT2D eigenvalue weighted by atomic mass is 10.3. The number of thiocarbonyl (C=S) groups is 1. The van der Waals surface area contributed by atoms with Crippen LogP contribution in [0.4, 0.5) is 5.00 Å². The number of sulfone groups is 1. The Morgan fingerprint density at radius 3 is 2.89 bits per heavy atom. The minimum Gasteiger partial charge on any atom is -0.355 e. The topological polar surface area (TPSA) is 58.2 Å². The molecule has 0 fully saturated rings. The van der Waals surface area contributed by atoms with Crippen LogP contribution < -0.4 is 10.6 Å². The van der Waals surface area contributed by atoms with Crippen molar-refractivity contribution in [3.05, 3.63) is 28.5 Å². The second kappa shape index (κ2) is 5.38. The lowest BCUT2D eigenvalue weighted by molar-refractivity contribution is 0.603. The van der Waals surface area contributed by atoms with Crippen molar-refractivity contribution >= 4 is 43.5 Å². The molecule has 98 valence electrons. The van der Waals surface area contributed by atoms with Crippen molar-refractivity contribution in [3.63, 3.8) is 0 Å². The highest BCUT2D eigenvalue weighted by Crippen LogP contribution is 2.22. The van der Waals surface area contributed by atoms with Crippen LogP contribution in [0.3, 0.4) is 0 Å². The van der Waals surface area contributed by atoms with Gasteiger partial charge in [-0.1, -0.05) is 6.92 Å². The molecule has 0 spiro atoms. The van der Waals surface area contributed by atoms with Gasteiger partial charge >= 0.3 is 0 Å². The molecule has 1 aliphatic rings. The summed E-state index contributed by atoms with van der Waals surface area (Å²) in [7, 11) is -3.04. The maximum absolute atomic E-state index is 11.2. The smallest absolute Gasteiger partial charge is 0.173 e. The molecule has 1 aromatic heterocycles. The molecule has 1 atom stereocenters. The zero-order valence-electron chi connectivity index (χ0n) is 9.84. The lowest BCUT2D eigenvalue weighted by Gasteiger charge is -2.12. The Balaban J connectivity index is 1.88. The van der Waals surface area contributed by atoms with E-state index in [1.807, 2.05) is 6.07 Å². The zero-order chi connectivity index (χ0) is 13.2. The molecule has 4 nitrogen and oxygen atoms in total. The average Bonchev–Trinajstić information content (AvgIpc) is 2.85. The summed E-state index contributed by atoms with van der Waals surface area (Å²) in [5.74, 6) is 0.0689. The number of anilines is 1. The van der Waals surface area contributed by atoms with Crippen LogP contribution in [0.1, 0.15) is 11.8 Å². The van der Waals surface area contributed by atoms with Crippen molar-refractivity contribution in [1.29, 1.82) is 0 Å². The number of aryl methyl sites for hydroxylation is 1. The summed E-state index contributed by atoms with van der Waals surface area (Å²) in [6.45, 7) is 2.10. The molecule has 1 aliphatic heterocycles. The molecule has 0 radical (unpaired) electrons. The summed E-state index contributed by atoms with van der Waals surface area (Å²) < 4.78 is 22.5. The summed E-state index contributed by atoms with van der Waals surface area (Å²) in [5.41, 5.74) is 0. The second-order valence-corrected chi connectivity index (χ2v) is 7.49. The van der Waals surface area contributed by atoms with E-state index in [2.05, 4.69) is 23.6 Å². The van der Waals surface area contributed by atoms with Gasteiger partial charge in [-0.15, -0.1) is 11.3 Å². The van der Waals surface area contributed by atoms with E-state index in [9.17, 15) is 8.42 Å². The quantitative estimate of drug-likeness (QED) is 0.835. The molecule has 0 saturated carbocycles. The Bertz CT molecular complexity index is 575. The number of hydrogen-bond donors (Lipinski definition) is 2. The summed E-state index contributed by atoms with van der Waals surface area (Å²) in [5, 5.41) is 8.68. The first-order valence-corrected chi connectivity index (χ1v) is 8.50. The monoisotopic (exact) mass is 302 g/mol. The van der Waals surface area contributed by atoms with E-state index >= 15 is 0 Å². The molecule has 0 aliphatic carbocycles. The minimum atomic E-state index is -3.04. The standard InChI is InChI=1S/C11H14N2O2S3/c1-2-9-3-4-10(17-9)13-11(16)12-8-5-6-18(14,15)7-8/h3-6,8H,2,7H2,1H3,(H2,12,13,16)/t8-/m1/s1. The van der Waals surface area contributed by atoms with Crippen LogP contribution in [0.5, 0.6) is 0 Å². The summed E-state index contributed by atoms with van der Waals surface area (Å²) >= 11 is 6.79. The van der Waals surface area contributed by atoms with E-state index < -0.39 is 9.84 Å². The third-order valence-corrected chi connectivity index (χ3v) is 5.25. The van der Waals surface area contributed by atoms with E-state index in [1.165, 1.54) is 10.3 Å². The Hall–Kier alpha value is -0.920. The number of rotatable bonds is 3. The highest BCUT2D eigenvalue weighted by atomic mass is 32.2. The van der Waals surface area contributed by atoms with Gasteiger partial charge in [0.15, 0.2) is 14.9 Å². The normalized spacial score (nSPS) is 20.8. The molecule has 7 heteroatoms. The second-order valence-electron chi connectivity index (χ2n) is 3.98. The van der Waals surface area contributed by atoms with Gasteiger partial charge in [0.25, 0.3) is 0 Å². The molecule has 18 heavy (non-hydrogen) atoms. The highest BCUT2D eigenvalue weighted by molar-refractivity contribution is 7.94. The summed E-state index contributed by atoms with van der Waals surface area (Å²) in [4.78, 5) is 1.28. The van der Waals surface area contributed by atoms with Gasteiger partial charge in [0.05, 0.1) is 16.8 Å². The zero-order valence-corrected chi connectivity index (χ0v) is 12.3. The van der Waals surface area contributed by atoms with Crippen LogP contribution in [-0.4, -0.2) is 25.3 Å². The van der Waals surface area contributed by atoms with Crippen LogP contribution in [0.15, 0.2) is 23.6 Å². The van der Waals surface area contributed by atoms with Gasteiger partial charge in [-0.3, -0.25) is 0 Å². The molecule has 0 amide bonds. The van der Waals surface area contributed by atoms with Crippen LogP contribution in [-0.2, 0) is 16.3 Å². The van der Waals surface area contributed by atoms with Crippen molar-refractivity contribution < 1.29 is 8.42 Å². The molecule has 0 aromatic carbocycles. The molecule has 0 bridgehead atoms. The predicted molar refractivity (Wildman–Crippen MR) is 79.8 cm³/mol. The van der Waals surface area contributed by atoms with Crippen LogP contribution in [0.2, 0.25) is 0 Å². The first kappa shape index (κ1) is 13.5. The largest absolute Gasteiger partial charge is 0.355 e. The average molecular weight is 302 g/mol. The van der Waals surface area contributed by atoms with Crippen molar-refractivity contribution in [1.82, 2.24) is 5.32 Å². The van der Waals surface area contributed by atoms with E-state index in [-0.39, 0.29) is 11.8 Å². The minimum absolute atomic E-state index is 0.0689. The van der Waals surface area contributed by atoms with Crippen molar-refractivity contribution in [2.75, 3.05) is 11.1 Å². The first-order valence-electron chi connectivity index (χ1n) is 5.56.